The van der Waals surface area contributed by atoms with Gasteiger partial charge in [0.05, 0.1) is 12.6 Å². The highest BCUT2D eigenvalue weighted by molar-refractivity contribution is 5.97. The summed E-state index contributed by atoms with van der Waals surface area (Å²) in [5.41, 5.74) is 5.40. The molecule has 2 aliphatic heterocycles. The number of benzene rings is 2. The lowest BCUT2D eigenvalue weighted by atomic mass is 9.85. The van der Waals surface area contributed by atoms with Crippen molar-refractivity contribution >= 4 is 22.7 Å². The first-order chi connectivity index (χ1) is 15.5. The topological polar surface area (TPSA) is 76.6 Å². The Hall–Kier alpha value is -3.12. The predicted molar refractivity (Wildman–Crippen MR) is 123 cm³/mol. The van der Waals surface area contributed by atoms with Crippen molar-refractivity contribution in [2.75, 3.05) is 19.7 Å². The van der Waals surface area contributed by atoms with Crippen molar-refractivity contribution in [3.05, 3.63) is 70.9 Å². The lowest BCUT2D eigenvalue weighted by molar-refractivity contribution is -0.158. The SMILES string of the molecule is CC(C)c1ccc([C@@H]2c3[nH]c4ccccc4c3C[C@@H]3C(=O)N(CCCO)CC(=O)N23)cc1. The van der Waals surface area contributed by atoms with Gasteiger partial charge in [0.15, 0.2) is 0 Å². The van der Waals surface area contributed by atoms with E-state index in [9.17, 15) is 14.7 Å². The number of carbonyl (C=O) groups excluding carboxylic acids is 2. The van der Waals surface area contributed by atoms with Gasteiger partial charge in [0.25, 0.3) is 0 Å². The van der Waals surface area contributed by atoms with Crippen molar-refractivity contribution in [2.45, 2.75) is 44.7 Å². The number of carbonyl (C=O) groups is 2. The predicted octanol–water partition coefficient (Wildman–Crippen LogP) is 3.36. The van der Waals surface area contributed by atoms with Gasteiger partial charge in [0.2, 0.25) is 11.8 Å². The summed E-state index contributed by atoms with van der Waals surface area (Å²) in [6.45, 7) is 4.79. The van der Waals surface area contributed by atoms with E-state index in [4.69, 9.17) is 0 Å². The summed E-state index contributed by atoms with van der Waals surface area (Å²) in [6, 6.07) is 15.7. The molecule has 0 saturated carbocycles. The fraction of sp³-hybridized carbons (Fsp3) is 0.385. The zero-order chi connectivity index (χ0) is 22.4. The summed E-state index contributed by atoms with van der Waals surface area (Å²) < 4.78 is 0. The largest absolute Gasteiger partial charge is 0.396 e. The molecule has 6 heteroatoms. The number of aliphatic hydroxyl groups excluding tert-OH is 1. The van der Waals surface area contributed by atoms with E-state index in [0.717, 1.165) is 27.7 Å². The Morgan fingerprint density at radius 2 is 1.84 bits per heavy atom. The minimum atomic E-state index is -0.531. The molecular weight excluding hydrogens is 402 g/mol. The molecule has 0 spiro atoms. The summed E-state index contributed by atoms with van der Waals surface area (Å²) in [4.78, 5) is 33.8. The van der Waals surface area contributed by atoms with Crippen LogP contribution in [0.3, 0.4) is 0 Å². The number of aliphatic hydroxyl groups is 1. The van der Waals surface area contributed by atoms with Gasteiger partial charge in [0, 0.05) is 36.2 Å². The molecule has 2 atom stereocenters. The van der Waals surface area contributed by atoms with E-state index < -0.39 is 6.04 Å². The minimum Gasteiger partial charge on any atom is -0.396 e. The number of hydrogen-bond acceptors (Lipinski definition) is 3. The van der Waals surface area contributed by atoms with E-state index in [1.54, 1.807) is 9.80 Å². The minimum absolute atomic E-state index is 0.00374. The molecule has 0 aliphatic carbocycles. The number of nitrogens with zero attached hydrogens (tertiary/aromatic N) is 2. The molecule has 0 bridgehead atoms. The van der Waals surface area contributed by atoms with Crippen molar-refractivity contribution < 1.29 is 14.7 Å². The number of rotatable bonds is 5. The summed E-state index contributed by atoms with van der Waals surface area (Å²) in [7, 11) is 0. The second kappa shape index (κ2) is 8.10. The summed E-state index contributed by atoms with van der Waals surface area (Å²) in [5.74, 6) is 0.345. The average Bonchev–Trinajstić information content (AvgIpc) is 3.17. The van der Waals surface area contributed by atoms with Gasteiger partial charge in [-0.15, -0.1) is 0 Å². The van der Waals surface area contributed by atoms with Crippen LogP contribution in [0.5, 0.6) is 0 Å². The quantitative estimate of drug-likeness (QED) is 0.650. The molecule has 3 aromatic rings. The highest BCUT2D eigenvalue weighted by atomic mass is 16.3. The number of H-pyrrole nitrogens is 1. The van der Waals surface area contributed by atoms with Gasteiger partial charge < -0.3 is 19.9 Å². The summed E-state index contributed by atoms with van der Waals surface area (Å²) in [5, 5.41) is 10.3. The zero-order valence-corrected chi connectivity index (χ0v) is 18.5. The molecule has 3 heterocycles. The number of aromatic nitrogens is 1. The monoisotopic (exact) mass is 431 g/mol. The van der Waals surface area contributed by atoms with Crippen LogP contribution in [0.4, 0.5) is 0 Å². The first kappa shape index (κ1) is 20.8. The zero-order valence-electron chi connectivity index (χ0n) is 18.5. The lowest BCUT2D eigenvalue weighted by Gasteiger charge is -2.47. The maximum Gasteiger partial charge on any atom is 0.246 e. The van der Waals surface area contributed by atoms with Crippen LogP contribution in [0, 0.1) is 0 Å². The van der Waals surface area contributed by atoms with Gasteiger partial charge in [-0.25, -0.2) is 0 Å². The van der Waals surface area contributed by atoms with Crippen LogP contribution in [0.1, 0.15) is 54.6 Å². The molecule has 5 rings (SSSR count). The second-order valence-electron chi connectivity index (χ2n) is 9.14. The number of para-hydroxylation sites is 1. The van der Waals surface area contributed by atoms with Crippen LogP contribution in [0.25, 0.3) is 10.9 Å². The van der Waals surface area contributed by atoms with E-state index >= 15 is 0 Å². The fourth-order valence-electron chi connectivity index (χ4n) is 5.18. The molecular formula is C26H29N3O3. The fourth-order valence-corrected chi connectivity index (χ4v) is 5.18. The molecule has 2 aromatic carbocycles. The van der Waals surface area contributed by atoms with Crippen molar-refractivity contribution in [2.24, 2.45) is 0 Å². The van der Waals surface area contributed by atoms with Gasteiger partial charge in [-0.05, 0) is 35.1 Å². The highest BCUT2D eigenvalue weighted by Crippen LogP contribution is 2.42. The van der Waals surface area contributed by atoms with E-state index in [0.29, 0.717) is 25.3 Å². The smallest absolute Gasteiger partial charge is 0.246 e. The number of fused-ring (bicyclic) bond motifs is 4. The third-order valence-electron chi connectivity index (χ3n) is 6.85. The Labute approximate surface area is 187 Å². The maximum absolute atomic E-state index is 13.4. The molecule has 2 amide bonds. The van der Waals surface area contributed by atoms with Gasteiger partial charge in [-0.3, -0.25) is 9.59 Å². The van der Waals surface area contributed by atoms with Crippen LogP contribution in [0.2, 0.25) is 0 Å². The molecule has 0 unspecified atom stereocenters. The van der Waals surface area contributed by atoms with Gasteiger partial charge in [-0.2, -0.15) is 0 Å². The Balaban J connectivity index is 1.64. The van der Waals surface area contributed by atoms with Crippen molar-refractivity contribution in [1.29, 1.82) is 0 Å². The highest BCUT2D eigenvalue weighted by Gasteiger charge is 2.48. The molecule has 166 valence electrons. The second-order valence-corrected chi connectivity index (χ2v) is 9.14. The van der Waals surface area contributed by atoms with Crippen LogP contribution >= 0.6 is 0 Å². The van der Waals surface area contributed by atoms with Crippen LogP contribution in [0.15, 0.2) is 48.5 Å². The summed E-state index contributed by atoms with van der Waals surface area (Å²) in [6.07, 6.45) is 0.976. The number of nitrogens with one attached hydrogen (secondary N) is 1. The number of hydrogen-bond donors (Lipinski definition) is 2. The molecule has 6 nitrogen and oxygen atoms in total. The molecule has 2 N–H and O–H groups in total. The third kappa shape index (κ3) is 3.30. The first-order valence-corrected chi connectivity index (χ1v) is 11.4. The molecule has 32 heavy (non-hydrogen) atoms. The molecule has 1 aromatic heterocycles. The maximum atomic E-state index is 13.4. The van der Waals surface area contributed by atoms with Crippen LogP contribution < -0.4 is 0 Å². The average molecular weight is 432 g/mol. The lowest BCUT2D eigenvalue weighted by Crippen LogP contribution is -2.63. The van der Waals surface area contributed by atoms with E-state index in [1.165, 1.54) is 5.56 Å². The first-order valence-electron chi connectivity index (χ1n) is 11.4. The van der Waals surface area contributed by atoms with Crippen LogP contribution in [-0.4, -0.2) is 57.4 Å². The van der Waals surface area contributed by atoms with E-state index in [1.807, 2.05) is 18.2 Å². The third-order valence-corrected chi connectivity index (χ3v) is 6.85. The summed E-state index contributed by atoms with van der Waals surface area (Å²) >= 11 is 0. The van der Waals surface area contributed by atoms with Crippen molar-refractivity contribution in [3.8, 4) is 0 Å². The van der Waals surface area contributed by atoms with Crippen molar-refractivity contribution in [1.82, 2.24) is 14.8 Å². The van der Waals surface area contributed by atoms with Gasteiger partial charge in [-0.1, -0.05) is 56.3 Å². The standard InChI is InChI=1S/C26H29N3O3/c1-16(2)17-8-10-18(11-9-17)25-24-20(19-6-3-4-7-21(19)27-24)14-22-26(32)28(12-5-13-30)15-23(31)29(22)25/h3-4,6-11,16,22,25,27,30H,5,12-15H2,1-2H3/t22-,25-/m1/s1. The van der Waals surface area contributed by atoms with E-state index in [2.05, 4.69) is 49.2 Å². The number of amides is 2. The van der Waals surface area contributed by atoms with E-state index in [-0.39, 0.29) is 31.0 Å². The Kier molecular flexibility index (Phi) is 5.25. The van der Waals surface area contributed by atoms with Gasteiger partial charge in [0.1, 0.15) is 6.04 Å². The molecule has 1 saturated heterocycles. The Morgan fingerprint density at radius 1 is 1.09 bits per heavy atom. The molecule has 0 radical (unpaired) electrons. The number of piperazine rings is 1. The Morgan fingerprint density at radius 3 is 2.56 bits per heavy atom. The van der Waals surface area contributed by atoms with Gasteiger partial charge >= 0.3 is 0 Å². The molecule has 1 fully saturated rings. The van der Waals surface area contributed by atoms with Crippen LogP contribution in [-0.2, 0) is 16.0 Å². The molecule has 2 aliphatic rings. The Bertz CT molecular complexity index is 1160. The number of aromatic amines is 1. The van der Waals surface area contributed by atoms with Crippen molar-refractivity contribution in [3.63, 3.8) is 0 Å². The normalized spacial score (nSPS) is 20.8.